The van der Waals surface area contributed by atoms with Crippen molar-refractivity contribution in [3.05, 3.63) is 30.9 Å². The normalized spacial score (nSPS) is 12.5. The minimum atomic E-state index is 0.447. The first-order valence-corrected chi connectivity index (χ1v) is 7.13. The molecule has 19 heavy (non-hydrogen) atoms. The summed E-state index contributed by atoms with van der Waals surface area (Å²) in [6.45, 7) is 7.63. The third-order valence-electron chi connectivity index (χ3n) is 2.70. The highest BCUT2D eigenvalue weighted by Gasteiger charge is 2.09. The minimum absolute atomic E-state index is 0.447. The van der Waals surface area contributed by atoms with Gasteiger partial charge in [0.25, 0.3) is 0 Å². The lowest BCUT2D eigenvalue weighted by Gasteiger charge is -2.08. The molecule has 102 valence electrons. The Hall–Kier alpha value is -1.46. The van der Waals surface area contributed by atoms with Crippen LogP contribution in [0.1, 0.15) is 6.92 Å². The van der Waals surface area contributed by atoms with E-state index < -0.39 is 0 Å². The van der Waals surface area contributed by atoms with Crippen LogP contribution in [0.25, 0.3) is 11.0 Å². The van der Waals surface area contributed by atoms with Crippen molar-refractivity contribution in [1.82, 2.24) is 15.3 Å². The molecule has 1 unspecified atom stereocenters. The molecule has 1 aromatic heterocycles. The Balaban J connectivity index is 2.02. The number of imidazole rings is 1. The maximum absolute atomic E-state index is 5.20. The van der Waals surface area contributed by atoms with Crippen molar-refractivity contribution < 1.29 is 4.74 Å². The molecule has 0 fully saturated rings. The number of hydrogen-bond donors (Lipinski definition) is 2. The highest BCUT2D eigenvalue weighted by molar-refractivity contribution is 7.99. The first kappa shape index (κ1) is 14.0. The average Bonchev–Trinajstić information content (AvgIpc) is 2.79. The van der Waals surface area contributed by atoms with Crippen molar-refractivity contribution in [2.45, 2.75) is 17.3 Å². The summed E-state index contributed by atoms with van der Waals surface area (Å²) in [5.41, 5.74) is 1.97. The van der Waals surface area contributed by atoms with E-state index in [0.717, 1.165) is 35.0 Å². The number of nitrogens with zero attached hydrogens (tertiary/aromatic N) is 1. The van der Waals surface area contributed by atoms with Gasteiger partial charge in [-0.25, -0.2) is 4.98 Å². The molecule has 1 atom stereocenters. The minimum Gasteiger partial charge on any atom is -0.497 e. The first-order chi connectivity index (χ1) is 9.22. The van der Waals surface area contributed by atoms with Crippen LogP contribution in [0.2, 0.25) is 0 Å². The average molecular weight is 277 g/mol. The molecule has 5 heteroatoms. The fourth-order valence-corrected chi connectivity index (χ4v) is 2.67. The van der Waals surface area contributed by atoms with E-state index in [4.69, 9.17) is 4.74 Å². The highest BCUT2D eigenvalue weighted by Crippen LogP contribution is 2.25. The fourth-order valence-electron chi connectivity index (χ4n) is 1.77. The molecule has 0 saturated heterocycles. The zero-order chi connectivity index (χ0) is 13.7. The van der Waals surface area contributed by atoms with E-state index in [2.05, 4.69) is 28.8 Å². The molecular formula is C14H19N3OS. The van der Waals surface area contributed by atoms with Crippen molar-refractivity contribution in [3.63, 3.8) is 0 Å². The van der Waals surface area contributed by atoms with Gasteiger partial charge in [0.1, 0.15) is 5.75 Å². The molecule has 0 aliphatic carbocycles. The Morgan fingerprint density at radius 1 is 1.58 bits per heavy atom. The van der Waals surface area contributed by atoms with Crippen LogP contribution >= 0.6 is 11.8 Å². The SMILES string of the molecule is C=CCNCC(C)Sc1nc2ccc(OC)cc2[nH]1. The number of fused-ring (bicyclic) bond motifs is 1. The maximum atomic E-state index is 5.20. The van der Waals surface area contributed by atoms with Crippen LogP contribution in [0.4, 0.5) is 0 Å². The summed E-state index contributed by atoms with van der Waals surface area (Å²) in [5.74, 6) is 0.841. The van der Waals surface area contributed by atoms with Crippen molar-refractivity contribution in [1.29, 1.82) is 0 Å². The molecule has 2 aromatic rings. The largest absolute Gasteiger partial charge is 0.497 e. The number of methoxy groups -OCH3 is 1. The first-order valence-electron chi connectivity index (χ1n) is 6.25. The van der Waals surface area contributed by atoms with Gasteiger partial charge in [-0.1, -0.05) is 24.8 Å². The summed E-state index contributed by atoms with van der Waals surface area (Å²) in [7, 11) is 1.67. The van der Waals surface area contributed by atoms with E-state index in [1.807, 2.05) is 24.3 Å². The standard InChI is InChI=1S/C14H19N3OS/c1-4-7-15-9-10(2)19-14-16-12-6-5-11(18-3)8-13(12)17-14/h4-6,8,10,15H,1,7,9H2,2-3H3,(H,16,17). The van der Waals surface area contributed by atoms with Gasteiger partial charge in [-0.3, -0.25) is 0 Å². The van der Waals surface area contributed by atoms with Crippen LogP contribution in [-0.4, -0.2) is 35.4 Å². The van der Waals surface area contributed by atoms with Crippen LogP contribution < -0.4 is 10.1 Å². The van der Waals surface area contributed by atoms with Crippen LogP contribution in [0, 0.1) is 0 Å². The molecular weight excluding hydrogens is 258 g/mol. The van der Waals surface area contributed by atoms with Gasteiger partial charge in [0.15, 0.2) is 5.16 Å². The fraction of sp³-hybridized carbons (Fsp3) is 0.357. The molecule has 0 radical (unpaired) electrons. The third-order valence-corrected chi connectivity index (χ3v) is 3.69. The number of hydrogen-bond acceptors (Lipinski definition) is 4. The molecule has 2 rings (SSSR count). The maximum Gasteiger partial charge on any atom is 0.166 e. The van der Waals surface area contributed by atoms with E-state index in [-0.39, 0.29) is 0 Å². The summed E-state index contributed by atoms with van der Waals surface area (Å²) < 4.78 is 5.20. The molecule has 1 heterocycles. The number of benzene rings is 1. The Kier molecular flexibility index (Phi) is 4.87. The molecule has 2 N–H and O–H groups in total. The lowest BCUT2D eigenvalue weighted by atomic mass is 10.3. The van der Waals surface area contributed by atoms with Gasteiger partial charge in [0, 0.05) is 24.4 Å². The van der Waals surface area contributed by atoms with Crippen LogP contribution in [-0.2, 0) is 0 Å². The molecule has 4 nitrogen and oxygen atoms in total. The van der Waals surface area contributed by atoms with E-state index in [9.17, 15) is 0 Å². The van der Waals surface area contributed by atoms with E-state index >= 15 is 0 Å². The summed E-state index contributed by atoms with van der Waals surface area (Å²) in [4.78, 5) is 7.88. The monoisotopic (exact) mass is 277 g/mol. The summed E-state index contributed by atoms with van der Waals surface area (Å²) in [6.07, 6.45) is 1.87. The van der Waals surface area contributed by atoms with E-state index in [1.165, 1.54) is 0 Å². The van der Waals surface area contributed by atoms with Gasteiger partial charge in [-0.15, -0.1) is 6.58 Å². The van der Waals surface area contributed by atoms with Crippen LogP contribution in [0.3, 0.4) is 0 Å². The number of ether oxygens (including phenoxy) is 1. The molecule has 0 saturated carbocycles. The smallest absolute Gasteiger partial charge is 0.166 e. The lowest BCUT2D eigenvalue weighted by Crippen LogP contribution is -2.22. The van der Waals surface area contributed by atoms with Crippen LogP contribution in [0.15, 0.2) is 36.0 Å². The Morgan fingerprint density at radius 3 is 3.16 bits per heavy atom. The van der Waals surface area contributed by atoms with Crippen molar-refractivity contribution in [2.75, 3.05) is 20.2 Å². The molecule has 1 aromatic carbocycles. The Morgan fingerprint density at radius 2 is 2.42 bits per heavy atom. The van der Waals surface area contributed by atoms with Crippen molar-refractivity contribution in [3.8, 4) is 5.75 Å². The van der Waals surface area contributed by atoms with Gasteiger partial charge in [0.2, 0.25) is 0 Å². The molecule has 0 aliphatic rings. The molecule has 0 aliphatic heterocycles. The zero-order valence-electron chi connectivity index (χ0n) is 11.3. The predicted molar refractivity (Wildman–Crippen MR) is 81.0 cm³/mol. The molecule has 0 bridgehead atoms. The second-order valence-electron chi connectivity index (χ2n) is 4.30. The number of aromatic nitrogens is 2. The van der Waals surface area contributed by atoms with Crippen LogP contribution in [0.5, 0.6) is 5.75 Å². The Bertz CT molecular complexity index is 553. The van der Waals surface area contributed by atoms with Gasteiger partial charge in [0.05, 0.1) is 18.1 Å². The van der Waals surface area contributed by atoms with Gasteiger partial charge in [-0.2, -0.15) is 0 Å². The third kappa shape index (κ3) is 3.75. The number of aromatic amines is 1. The topological polar surface area (TPSA) is 49.9 Å². The predicted octanol–water partition coefficient (Wildman–Crippen LogP) is 2.83. The van der Waals surface area contributed by atoms with Gasteiger partial charge in [-0.05, 0) is 12.1 Å². The van der Waals surface area contributed by atoms with Crippen molar-refractivity contribution >= 4 is 22.8 Å². The Labute approximate surface area is 117 Å². The number of rotatable bonds is 7. The van der Waals surface area contributed by atoms with Gasteiger partial charge < -0.3 is 15.0 Å². The quantitative estimate of drug-likeness (QED) is 0.464. The van der Waals surface area contributed by atoms with E-state index in [1.54, 1.807) is 18.9 Å². The number of thioether (sulfide) groups is 1. The number of nitrogens with one attached hydrogen (secondary N) is 2. The summed E-state index contributed by atoms with van der Waals surface area (Å²) >= 11 is 1.73. The molecule has 0 amide bonds. The summed E-state index contributed by atoms with van der Waals surface area (Å²) in [5, 5.41) is 4.69. The van der Waals surface area contributed by atoms with E-state index in [0.29, 0.717) is 5.25 Å². The zero-order valence-corrected chi connectivity index (χ0v) is 12.1. The lowest BCUT2D eigenvalue weighted by molar-refractivity contribution is 0.415. The van der Waals surface area contributed by atoms with Gasteiger partial charge >= 0.3 is 0 Å². The summed E-state index contributed by atoms with van der Waals surface area (Å²) in [6, 6.07) is 5.86. The van der Waals surface area contributed by atoms with Crippen molar-refractivity contribution in [2.24, 2.45) is 0 Å². The number of H-pyrrole nitrogens is 1. The molecule has 0 spiro atoms. The second kappa shape index (κ2) is 6.63. The highest BCUT2D eigenvalue weighted by atomic mass is 32.2. The second-order valence-corrected chi connectivity index (χ2v) is 5.73.